The number of rotatable bonds is 5. The molecule has 11 heavy (non-hydrogen) atoms. The number of halogens is 1. The molecule has 0 aromatic rings. The molecule has 0 atom stereocenters. The molecule has 0 rings (SSSR count). The summed E-state index contributed by atoms with van der Waals surface area (Å²) in [4.78, 5) is 11.9. The van der Waals surface area contributed by atoms with Gasteiger partial charge in [0.25, 0.3) is 0 Å². The largest absolute Gasteiger partial charge is 0.480 e. The van der Waals surface area contributed by atoms with E-state index in [1.165, 1.54) is 0 Å². The average molecular weight is 178 g/mol. The minimum Gasteiger partial charge on any atom is -0.480 e. The number of hydrogen-bond donors (Lipinski definition) is 1. The highest BCUT2D eigenvalue weighted by molar-refractivity contribution is 6.29. The molecule has 0 unspecified atom stereocenters. The summed E-state index contributed by atoms with van der Waals surface area (Å²) in [5.74, 6) is -0.843. The summed E-state index contributed by atoms with van der Waals surface area (Å²) in [6.07, 6.45) is 0. The van der Waals surface area contributed by atoms with Gasteiger partial charge in [0.2, 0.25) is 0 Å². The monoisotopic (exact) mass is 177 g/mol. The normalized spacial score (nSPS) is 10.1. The van der Waals surface area contributed by atoms with Crippen molar-refractivity contribution in [2.75, 3.05) is 19.6 Å². The van der Waals surface area contributed by atoms with E-state index in [0.29, 0.717) is 18.1 Å². The first-order valence-corrected chi connectivity index (χ1v) is 3.71. The third kappa shape index (κ3) is 5.88. The van der Waals surface area contributed by atoms with Gasteiger partial charge < -0.3 is 5.11 Å². The van der Waals surface area contributed by atoms with Gasteiger partial charge in [0, 0.05) is 11.6 Å². The third-order valence-electron chi connectivity index (χ3n) is 1.20. The molecule has 0 spiro atoms. The minimum atomic E-state index is -0.843. The predicted molar refractivity (Wildman–Crippen MR) is 44.7 cm³/mol. The maximum Gasteiger partial charge on any atom is 0.317 e. The molecule has 0 aliphatic carbocycles. The lowest BCUT2D eigenvalue weighted by Crippen LogP contribution is -2.30. The summed E-state index contributed by atoms with van der Waals surface area (Å²) in [5.41, 5.74) is 0. The average Bonchev–Trinajstić information content (AvgIpc) is 1.84. The number of carbonyl (C=O) groups is 1. The molecule has 0 heterocycles. The summed E-state index contributed by atoms with van der Waals surface area (Å²) in [6, 6.07) is 0. The quantitative estimate of drug-likeness (QED) is 0.685. The maximum atomic E-state index is 10.2. The van der Waals surface area contributed by atoms with Crippen molar-refractivity contribution >= 4 is 17.6 Å². The fourth-order valence-electron chi connectivity index (χ4n) is 0.713. The molecule has 1 N–H and O–H groups in total. The Morgan fingerprint density at radius 2 is 2.18 bits per heavy atom. The zero-order valence-corrected chi connectivity index (χ0v) is 7.26. The van der Waals surface area contributed by atoms with Crippen LogP contribution in [0, 0.1) is 0 Å². The van der Waals surface area contributed by atoms with Crippen LogP contribution in [-0.4, -0.2) is 35.6 Å². The highest BCUT2D eigenvalue weighted by Crippen LogP contribution is 2.00. The van der Waals surface area contributed by atoms with Crippen LogP contribution in [0.15, 0.2) is 11.6 Å². The van der Waals surface area contributed by atoms with Gasteiger partial charge in [-0.15, -0.1) is 0 Å². The Morgan fingerprint density at radius 1 is 1.64 bits per heavy atom. The van der Waals surface area contributed by atoms with Crippen molar-refractivity contribution in [2.45, 2.75) is 6.92 Å². The number of nitrogens with zero attached hydrogens (tertiary/aromatic N) is 1. The first kappa shape index (κ1) is 10.5. The van der Waals surface area contributed by atoms with Gasteiger partial charge in [0.05, 0.1) is 6.54 Å². The predicted octanol–water partition coefficient (Wildman–Crippen LogP) is 1.15. The van der Waals surface area contributed by atoms with Crippen LogP contribution in [0.3, 0.4) is 0 Å². The SMILES string of the molecule is C=C(Cl)CN(CC)CC(=O)O. The van der Waals surface area contributed by atoms with Crippen LogP contribution < -0.4 is 0 Å². The van der Waals surface area contributed by atoms with E-state index in [1.807, 2.05) is 6.92 Å². The van der Waals surface area contributed by atoms with Crippen molar-refractivity contribution in [2.24, 2.45) is 0 Å². The van der Waals surface area contributed by atoms with Gasteiger partial charge in [0.15, 0.2) is 0 Å². The Labute approximate surface area is 71.3 Å². The zero-order chi connectivity index (χ0) is 8.85. The Morgan fingerprint density at radius 3 is 2.45 bits per heavy atom. The van der Waals surface area contributed by atoms with Crippen LogP contribution in [0.1, 0.15) is 6.92 Å². The Hall–Kier alpha value is -0.540. The lowest BCUT2D eigenvalue weighted by Gasteiger charge is -2.16. The Bertz CT molecular complexity index is 143. The number of likely N-dealkylation sites (N-methyl/N-ethyl adjacent to an activating group) is 1. The molecular formula is C7H12ClNO2. The molecule has 0 aliphatic rings. The van der Waals surface area contributed by atoms with E-state index >= 15 is 0 Å². The molecule has 0 fully saturated rings. The molecule has 0 aliphatic heterocycles. The molecule has 0 bridgehead atoms. The molecule has 0 aromatic carbocycles. The smallest absolute Gasteiger partial charge is 0.317 e. The summed E-state index contributed by atoms with van der Waals surface area (Å²) < 4.78 is 0. The molecule has 0 amide bonds. The fourth-order valence-corrected chi connectivity index (χ4v) is 0.882. The summed E-state index contributed by atoms with van der Waals surface area (Å²) >= 11 is 5.51. The van der Waals surface area contributed by atoms with Gasteiger partial charge in [-0.25, -0.2) is 0 Å². The van der Waals surface area contributed by atoms with Gasteiger partial charge in [-0.2, -0.15) is 0 Å². The van der Waals surface area contributed by atoms with E-state index in [2.05, 4.69) is 6.58 Å². The molecule has 3 nitrogen and oxygen atoms in total. The van der Waals surface area contributed by atoms with Crippen LogP contribution in [0.4, 0.5) is 0 Å². The van der Waals surface area contributed by atoms with Crippen LogP contribution in [0.25, 0.3) is 0 Å². The van der Waals surface area contributed by atoms with Crippen molar-refractivity contribution in [3.8, 4) is 0 Å². The van der Waals surface area contributed by atoms with Gasteiger partial charge in [-0.3, -0.25) is 9.69 Å². The van der Waals surface area contributed by atoms with E-state index in [-0.39, 0.29) is 6.54 Å². The van der Waals surface area contributed by atoms with Crippen LogP contribution in [-0.2, 0) is 4.79 Å². The number of carboxylic acid groups (broad SMARTS) is 1. The Kier molecular flexibility index (Phi) is 4.90. The molecule has 0 aromatic heterocycles. The number of hydrogen-bond acceptors (Lipinski definition) is 2. The molecule has 64 valence electrons. The first-order chi connectivity index (χ1) is 5.06. The molecule has 0 saturated carbocycles. The highest BCUT2D eigenvalue weighted by Gasteiger charge is 2.06. The standard InChI is InChI=1S/C7H12ClNO2/c1-3-9(4-6(2)8)5-7(10)11/h2-5H2,1H3,(H,10,11). The van der Waals surface area contributed by atoms with Crippen LogP contribution in [0.5, 0.6) is 0 Å². The lowest BCUT2D eigenvalue weighted by atomic mass is 10.4. The van der Waals surface area contributed by atoms with E-state index in [1.54, 1.807) is 4.90 Å². The van der Waals surface area contributed by atoms with E-state index in [4.69, 9.17) is 16.7 Å². The van der Waals surface area contributed by atoms with Crippen LogP contribution in [0.2, 0.25) is 0 Å². The zero-order valence-electron chi connectivity index (χ0n) is 6.51. The topological polar surface area (TPSA) is 40.5 Å². The summed E-state index contributed by atoms with van der Waals surface area (Å²) in [6.45, 7) is 6.47. The second kappa shape index (κ2) is 5.16. The highest BCUT2D eigenvalue weighted by atomic mass is 35.5. The van der Waals surface area contributed by atoms with E-state index < -0.39 is 5.97 Å². The van der Waals surface area contributed by atoms with Gasteiger partial charge in [-0.1, -0.05) is 25.1 Å². The van der Waals surface area contributed by atoms with Gasteiger partial charge >= 0.3 is 5.97 Å². The van der Waals surface area contributed by atoms with Gasteiger partial charge in [0.1, 0.15) is 0 Å². The van der Waals surface area contributed by atoms with Crippen molar-refractivity contribution in [1.82, 2.24) is 4.90 Å². The first-order valence-electron chi connectivity index (χ1n) is 3.33. The second-order valence-electron chi connectivity index (χ2n) is 2.21. The van der Waals surface area contributed by atoms with E-state index in [0.717, 1.165) is 0 Å². The third-order valence-corrected chi connectivity index (χ3v) is 1.32. The minimum absolute atomic E-state index is 0.0161. The molecule has 4 heteroatoms. The van der Waals surface area contributed by atoms with Crippen molar-refractivity contribution < 1.29 is 9.90 Å². The summed E-state index contributed by atoms with van der Waals surface area (Å²) in [5, 5.41) is 8.88. The Balaban J connectivity index is 3.76. The fraction of sp³-hybridized carbons (Fsp3) is 0.571. The molecule has 0 radical (unpaired) electrons. The summed E-state index contributed by atoms with van der Waals surface area (Å²) in [7, 11) is 0. The molecule has 0 saturated heterocycles. The molecular weight excluding hydrogens is 166 g/mol. The van der Waals surface area contributed by atoms with E-state index in [9.17, 15) is 4.79 Å². The van der Waals surface area contributed by atoms with Crippen LogP contribution >= 0.6 is 11.6 Å². The lowest BCUT2D eigenvalue weighted by molar-refractivity contribution is -0.138. The van der Waals surface area contributed by atoms with Crippen molar-refractivity contribution in [1.29, 1.82) is 0 Å². The number of carboxylic acids is 1. The van der Waals surface area contributed by atoms with Gasteiger partial charge in [-0.05, 0) is 6.54 Å². The van der Waals surface area contributed by atoms with Crippen molar-refractivity contribution in [3.63, 3.8) is 0 Å². The number of aliphatic carboxylic acids is 1. The second-order valence-corrected chi connectivity index (χ2v) is 2.75. The van der Waals surface area contributed by atoms with Crippen molar-refractivity contribution in [3.05, 3.63) is 11.6 Å². The maximum absolute atomic E-state index is 10.2.